The average molecular weight is 301 g/mol. The quantitative estimate of drug-likeness (QED) is 0.878. The molecule has 3 rings (SSSR count). The third-order valence-electron chi connectivity index (χ3n) is 3.32. The molecule has 1 heterocycles. The van der Waals surface area contributed by atoms with Gasteiger partial charge < -0.3 is 4.90 Å². The van der Waals surface area contributed by atoms with Gasteiger partial charge in [-0.2, -0.15) is 0 Å². The van der Waals surface area contributed by atoms with Gasteiger partial charge in [-0.3, -0.25) is 4.99 Å². The van der Waals surface area contributed by atoms with Gasteiger partial charge in [-0.25, -0.2) is 13.6 Å². The van der Waals surface area contributed by atoms with Crippen LogP contribution in [0, 0.1) is 0 Å². The van der Waals surface area contributed by atoms with E-state index in [1.165, 1.54) is 12.1 Å². The van der Waals surface area contributed by atoms with Crippen molar-refractivity contribution >= 4 is 16.2 Å². The van der Waals surface area contributed by atoms with Gasteiger partial charge in [0.1, 0.15) is 6.67 Å². The number of para-hydroxylation sites is 1. The van der Waals surface area contributed by atoms with E-state index >= 15 is 0 Å². The Morgan fingerprint density at radius 1 is 1.10 bits per heavy atom. The number of nitrogens with zero attached hydrogens (tertiary/aromatic N) is 2. The summed E-state index contributed by atoms with van der Waals surface area (Å²) in [6.07, 6.45) is 2.07. The van der Waals surface area contributed by atoms with E-state index in [2.05, 4.69) is 16.1 Å². The highest BCUT2D eigenvalue weighted by atomic mass is 32.2. The van der Waals surface area contributed by atoms with Crippen LogP contribution in [0.15, 0.2) is 58.4 Å². The SMILES string of the molecule is NS(=O)(=O)c1ccc(CN2C=c3ccccc3=NC2)cc1. The van der Waals surface area contributed by atoms with Crippen LogP contribution < -0.4 is 15.7 Å². The third-order valence-corrected chi connectivity index (χ3v) is 4.25. The van der Waals surface area contributed by atoms with E-state index in [0.717, 1.165) is 16.1 Å². The first-order chi connectivity index (χ1) is 10.0. The molecule has 1 aliphatic rings. The maximum atomic E-state index is 11.2. The maximum Gasteiger partial charge on any atom is 0.238 e. The lowest BCUT2D eigenvalue weighted by Gasteiger charge is -2.20. The van der Waals surface area contributed by atoms with Gasteiger partial charge in [0.05, 0.1) is 10.3 Å². The molecule has 6 heteroatoms. The molecule has 0 unspecified atom stereocenters. The number of rotatable bonds is 3. The largest absolute Gasteiger partial charge is 0.353 e. The predicted molar refractivity (Wildman–Crippen MR) is 79.9 cm³/mol. The van der Waals surface area contributed by atoms with E-state index in [1.54, 1.807) is 12.1 Å². The van der Waals surface area contributed by atoms with Crippen LogP contribution in [-0.2, 0) is 16.6 Å². The van der Waals surface area contributed by atoms with Crippen molar-refractivity contribution in [3.05, 3.63) is 64.7 Å². The fraction of sp³-hybridized carbons (Fsp3) is 0.133. The highest BCUT2D eigenvalue weighted by Gasteiger charge is 2.08. The zero-order valence-corrected chi connectivity index (χ0v) is 12.1. The molecule has 5 nitrogen and oxygen atoms in total. The molecule has 2 aromatic carbocycles. The Labute approximate surface area is 123 Å². The predicted octanol–water partition coefficient (Wildman–Crippen LogP) is 0.165. The Hall–Kier alpha value is -2.18. The molecule has 108 valence electrons. The van der Waals surface area contributed by atoms with Crippen LogP contribution in [0.3, 0.4) is 0 Å². The lowest BCUT2D eigenvalue weighted by Crippen LogP contribution is -2.35. The fourth-order valence-corrected chi connectivity index (χ4v) is 2.78. The summed E-state index contributed by atoms with van der Waals surface area (Å²) in [6.45, 7) is 1.26. The van der Waals surface area contributed by atoms with Crippen molar-refractivity contribution in [1.82, 2.24) is 4.90 Å². The molecule has 2 N–H and O–H groups in total. The van der Waals surface area contributed by atoms with Crippen molar-refractivity contribution in [3.8, 4) is 0 Å². The first-order valence-electron chi connectivity index (χ1n) is 6.49. The molecule has 0 amide bonds. The zero-order chi connectivity index (χ0) is 14.9. The summed E-state index contributed by atoms with van der Waals surface area (Å²) >= 11 is 0. The molecule has 0 aromatic heterocycles. The highest BCUT2D eigenvalue weighted by Crippen LogP contribution is 2.11. The Kier molecular flexibility index (Phi) is 3.48. The minimum Gasteiger partial charge on any atom is -0.353 e. The van der Waals surface area contributed by atoms with Crippen molar-refractivity contribution < 1.29 is 8.42 Å². The molecule has 0 saturated carbocycles. The average Bonchev–Trinajstić information content (AvgIpc) is 2.47. The first kappa shape index (κ1) is 13.8. The first-order valence-corrected chi connectivity index (χ1v) is 8.04. The summed E-state index contributed by atoms with van der Waals surface area (Å²) in [4.78, 5) is 6.71. The lowest BCUT2D eigenvalue weighted by molar-refractivity contribution is 0.407. The molecule has 21 heavy (non-hydrogen) atoms. The van der Waals surface area contributed by atoms with Crippen LogP contribution in [0.2, 0.25) is 0 Å². The van der Waals surface area contributed by atoms with E-state index in [9.17, 15) is 8.42 Å². The summed E-state index contributed by atoms with van der Waals surface area (Å²) in [5.41, 5.74) is 1.01. The molecule has 0 fully saturated rings. The molecule has 0 bridgehead atoms. The molecular formula is C15H15N3O2S. The Balaban J connectivity index is 1.81. The summed E-state index contributed by atoms with van der Waals surface area (Å²) in [5, 5.41) is 7.17. The second-order valence-electron chi connectivity index (χ2n) is 4.92. The van der Waals surface area contributed by atoms with Gasteiger partial charge in [-0.15, -0.1) is 0 Å². The fourth-order valence-electron chi connectivity index (χ4n) is 2.26. The van der Waals surface area contributed by atoms with E-state index in [-0.39, 0.29) is 4.90 Å². The molecule has 1 aliphatic heterocycles. The van der Waals surface area contributed by atoms with Crippen molar-refractivity contribution in [1.29, 1.82) is 0 Å². The Morgan fingerprint density at radius 3 is 2.52 bits per heavy atom. The minimum atomic E-state index is -3.63. The zero-order valence-electron chi connectivity index (χ0n) is 11.3. The molecule has 0 spiro atoms. The molecule has 0 radical (unpaired) electrons. The monoisotopic (exact) mass is 301 g/mol. The Bertz CT molecular complexity index is 874. The highest BCUT2D eigenvalue weighted by molar-refractivity contribution is 7.89. The second-order valence-corrected chi connectivity index (χ2v) is 6.48. The number of benzene rings is 2. The second kappa shape index (κ2) is 5.31. The van der Waals surface area contributed by atoms with Crippen LogP contribution in [0.25, 0.3) is 6.20 Å². The van der Waals surface area contributed by atoms with Crippen LogP contribution in [0.4, 0.5) is 0 Å². The van der Waals surface area contributed by atoms with Gasteiger partial charge in [0.2, 0.25) is 10.0 Å². The Morgan fingerprint density at radius 2 is 1.81 bits per heavy atom. The van der Waals surface area contributed by atoms with Crippen LogP contribution in [0.5, 0.6) is 0 Å². The van der Waals surface area contributed by atoms with Crippen LogP contribution in [-0.4, -0.2) is 20.0 Å². The van der Waals surface area contributed by atoms with Crippen molar-refractivity contribution in [2.24, 2.45) is 10.1 Å². The standard InChI is InChI=1S/C15H15N3O2S/c16-21(19,20)14-7-5-12(6-8-14)9-18-10-13-3-1-2-4-15(13)17-11-18/h1-8,10H,9,11H2,(H2,16,19,20). The number of sulfonamides is 1. The third kappa shape index (κ3) is 3.12. The molecular weight excluding hydrogens is 286 g/mol. The molecule has 0 saturated heterocycles. The van der Waals surface area contributed by atoms with Crippen LogP contribution in [0.1, 0.15) is 5.56 Å². The summed E-state index contributed by atoms with van der Waals surface area (Å²) in [7, 11) is -3.63. The molecule has 0 aliphatic carbocycles. The number of fused-ring (bicyclic) bond motifs is 1. The van der Waals surface area contributed by atoms with Gasteiger partial charge >= 0.3 is 0 Å². The normalized spacial score (nSPS) is 14.0. The van der Waals surface area contributed by atoms with E-state index in [1.807, 2.05) is 24.3 Å². The van der Waals surface area contributed by atoms with Gasteiger partial charge in [0.25, 0.3) is 0 Å². The smallest absolute Gasteiger partial charge is 0.238 e. The summed E-state index contributed by atoms with van der Waals surface area (Å²) in [5.74, 6) is 0. The number of hydrogen-bond acceptors (Lipinski definition) is 4. The lowest BCUT2D eigenvalue weighted by atomic mass is 10.2. The van der Waals surface area contributed by atoms with Gasteiger partial charge in [-0.1, -0.05) is 30.3 Å². The molecule has 0 atom stereocenters. The van der Waals surface area contributed by atoms with Crippen molar-refractivity contribution in [2.45, 2.75) is 11.4 Å². The van der Waals surface area contributed by atoms with E-state index in [4.69, 9.17) is 5.14 Å². The molecule has 2 aromatic rings. The summed E-state index contributed by atoms with van der Waals surface area (Å²) < 4.78 is 22.4. The summed E-state index contributed by atoms with van der Waals surface area (Å²) in [6, 6.07) is 14.6. The topological polar surface area (TPSA) is 75.8 Å². The number of hydrogen-bond donors (Lipinski definition) is 1. The number of nitrogens with two attached hydrogens (primary N) is 1. The number of primary sulfonamides is 1. The minimum absolute atomic E-state index is 0.129. The van der Waals surface area contributed by atoms with E-state index < -0.39 is 10.0 Å². The van der Waals surface area contributed by atoms with Crippen molar-refractivity contribution in [3.63, 3.8) is 0 Å². The van der Waals surface area contributed by atoms with Gasteiger partial charge in [0, 0.05) is 18.0 Å². The van der Waals surface area contributed by atoms with Crippen molar-refractivity contribution in [2.75, 3.05) is 6.67 Å². The van der Waals surface area contributed by atoms with Gasteiger partial charge in [0.15, 0.2) is 0 Å². The van der Waals surface area contributed by atoms with E-state index in [0.29, 0.717) is 13.2 Å². The van der Waals surface area contributed by atoms with Gasteiger partial charge in [-0.05, 0) is 23.8 Å². The van der Waals surface area contributed by atoms with Crippen LogP contribution >= 0.6 is 0 Å². The maximum absolute atomic E-state index is 11.2.